The van der Waals surface area contributed by atoms with E-state index in [-0.39, 0.29) is 17.2 Å². The summed E-state index contributed by atoms with van der Waals surface area (Å²) in [4.78, 5) is 25.8. The highest BCUT2D eigenvalue weighted by molar-refractivity contribution is 5.94. The minimum absolute atomic E-state index is 0.0398. The predicted molar refractivity (Wildman–Crippen MR) is 107 cm³/mol. The van der Waals surface area contributed by atoms with Crippen molar-refractivity contribution in [1.82, 2.24) is 5.32 Å². The normalized spacial score (nSPS) is 10.8. The zero-order valence-electron chi connectivity index (χ0n) is 16.2. The number of rotatable bonds is 5. The Morgan fingerprint density at radius 1 is 1.04 bits per heavy atom. The number of benzene rings is 2. The maximum atomic E-state index is 12.3. The molecule has 140 valence electrons. The monoisotopic (exact) mass is 363 g/mol. The van der Waals surface area contributed by atoms with Gasteiger partial charge in [-0.3, -0.25) is 9.59 Å². The molecule has 0 heterocycles. The third kappa shape index (κ3) is 5.42. The van der Waals surface area contributed by atoms with E-state index in [9.17, 15) is 9.59 Å². The predicted octanol–water partition coefficient (Wildman–Crippen LogP) is 3.64. The topological polar surface area (TPSA) is 73.2 Å². The number of nitrogens with zero attached hydrogens (tertiary/aromatic N) is 2. The first-order chi connectivity index (χ1) is 12.7. The van der Waals surface area contributed by atoms with Crippen molar-refractivity contribution >= 4 is 17.5 Å². The fourth-order valence-corrected chi connectivity index (χ4v) is 2.69. The molecule has 0 saturated heterocycles. The molecule has 0 aliphatic rings. The molecule has 0 aromatic heterocycles. The minimum atomic E-state index is -0.168. The Balaban J connectivity index is 1.97. The summed E-state index contributed by atoms with van der Waals surface area (Å²) >= 11 is 0. The van der Waals surface area contributed by atoms with Gasteiger partial charge in [-0.15, -0.1) is 0 Å². The van der Waals surface area contributed by atoms with Gasteiger partial charge in [0.15, 0.2) is 0 Å². The zero-order chi connectivity index (χ0) is 20.0. The number of hydrogen-bond acceptors (Lipinski definition) is 3. The fraction of sp³-hybridized carbons (Fsp3) is 0.318. The van der Waals surface area contributed by atoms with Crippen LogP contribution in [0.1, 0.15) is 49.2 Å². The lowest BCUT2D eigenvalue weighted by atomic mass is 9.87. The Morgan fingerprint density at radius 2 is 1.63 bits per heavy atom. The van der Waals surface area contributed by atoms with Crippen molar-refractivity contribution in [2.45, 2.75) is 33.1 Å². The summed E-state index contributed by atoms with van der Waals surface area (Å²) in [5.41, 5.74) is 3.04. The van der Waals surface area contributed by atoms with E-state index in [0.717, 1.165) is 0 Å². The second-order valence-electron chi connectivity index (χ2n) is 7.41. The summed E-state index contributed by atoms with van der Waals surface area (Å²) < 4.78 is 0. The summed E-state index contributed by atoms with van der Waals surface area (Å²) in [5.74, 6) is -0.290. The first-order valence-corrected chi connectivity index (χ1v) is 8.89. The Bertz CT molecular complexity index is 841. The third-order valence-electron chi connectivity index (χ3n) is 4.32. The molecule has 27 heavy (non-hydrogen) atoms. The zero-order valence-corrected chi connectivity index (χ0v) is 16.2. The SMILES string of the molecule is CC(=O)N(CCNC(=O)c1ccc(C(C)(C)C)cc1)c1ccc(C#N)cc1. The van der Waals surface area contributed by atoms with Gasteiger partial charge >= 0.3 is 0 Å². The van der Waals surface area contributed by atoms with Crippen molar-refractivity contribution in [1.29, 1.82) is 5.26 Å². The van der Waals surface area contributed by atoms with Crippen molar-refractivity contribution in [3.8, 4) is 6.07 Å². The second-order valence-corrected chi connectivity index (χ2v) is 7.41. The molecule has 0 unspecified atom stereocenters. The van der Waals surface area contributed by atoms with Crippen molar-refractivity contribution in [3.63, 3.8) is 0 Å². The van der Waals surface area contributed by atoms with Crippen molar-refractivity contribution in [2.24, 2.45) is 0 Å². The summed E-state index contributed by atoms with van der Waals surface area (Å²) in [7, 11) is 0. The molecular formula is C22H25N3O2. The summed E-state index contributed by atoms with van der Waals surface area (Å²) in [6, 6.07) is 16.4. The van der Waals surface area contributed by atoms with Crippen LogP contribution < -0.4 is 10.2 Å². The molecule has 1 N–H and O–H groups in total. The average Bonchev–Trinajstić information content (AvgIpc) is 2.64. The molecule has 2 amide bonds. The lowest BCUT2D eigenvalue weighted by Gasteiger charge is -2.21. The van der Waals surface area contributed by atoms with Gasteiger partial charge in [0.1, 0.15) is 0 Å². The van der Waals surface area contributed by atoms with Gasteiger partial charge in [-0.1, -0.05) is 32.9 Å². The highest BCUT2D eigenvalue weighted by Gasteiger charge is 2.15. The molecule has 5 nitrogen and oxygen atoms in total. The van der Waals surface area contributed by atoms with Gasteiger partial charge in [-0.25, -0.2) is 0 Å². The molecule has 0 spiro atoms. The van der Waals surface area contributed by atoms with Gasteiger partial charge in [0.2, 0.25) is 5.91 Å². The lowest BCUT2D eigenvalue weighted by Crippen LogP contribution is -2.37. The van der Waals surface area contributed by atoms with E-state index in [1.165, 1.54) is 12.5 Å². The molecule has 0 aliphatic carbocycles. The maximum Gasteiger partial charge on any atom is 0.251 e. The smallest absolute Gasteiger partial charge is 0.251 e. The molecule has 5 heteroatoms. The average molecular weight is 363 g/mol. The van der Waals surface area contributed by atoms with Gasteiger partial charge in [-0.05, 0) is 47.4 Å². The molecule has 0 fully saturated rings. The van der Waals surface area contributed by atoms with Crippen LogP contribution in [0.2, 0.25) is 0 Å². The lowest BCUT2D eigenvalue weighted by molar-refractivity contribution is -0.116. The van der Waals surface area contributed by atoms with Crippen LogP contribution >= 0.6 is 0 Å². The van der Waals surface area contributed by atoms with Crippen molar-refractivity contribution in [2.75, 3.05) is 18.0 Å². The molecule has 0 radical (unpaired) electrons. The van der Waals surface area contributed by atoms with E-state index in [1.807, 2.05) is 24.3 Å². The number of amides is 2. The highest BCUT2D eigenvalue weighted by Crippen LogP contribution is 2.22. The van der Waals surface area contributed by atoms with Crippen LogP contribution in [0.4, 0.5) is 5.69 Å². The maximum absolute atomic E-state index is 12.3. The molecule has 0 atom stereocenters. The Morgan fingerprint density at radius 3 is 2.11 bits per heavy atom. The second kappa shape index (κ2) is 8.50. The Kier molecular flexibility index (Phi) is 6.36. The van der Waals surface area contributed by atoms with Gasteiger partial charge in [0.25, 0.3) is 5.91 Å². The number of carbonyl (C=O) groups is 2. The molecule has 0 aliphatic heterocycles. The molecule has 2 aromatic rings. The highest BCUT2D eigenvalue weighted by atomic mass is 16.2. The van der Waals surface area contributed by atoms with Crippen LogP contribution in [0.25, 0.3) is 0 Å². The van der Waals surface area contributed by atoms with E-state index in [1.54, 1.807) is 29.2 Å². The molecule has 2 rings (SSSR count). The van der Waals surface area contributed by atoms with Crippen LogP contribution in [0.5, 0.6) is 0 Å². The van der Waals surface area contributed by atoms with Gasteiger partial charge in [-0.2, -0.15) is 5.26 Å². The van der Waals surface area contributed by atoms with E-state index < -0.39 is 0 Å². The van der Waals surface area contributed by atoms with Crippen LogP contribution in [0, 0.1) is 11.3 Å². The van der Waals surface area contributed by atoms with Gasteiger partial charge in [0, 0.05) is 31.3 Å². The first kappa shape index (κ1) is 20.2. The number of carbonyl (C=O) groups excluding carboxylic acids is 2. The summed E-state index contributed by atoms with van der Waals surface area (Å²) in [6.45, 7) is 8.54. The van der Waals surface area contributed by atoms with Crippen LogP contribution in [-0.2, 0) is 10.2 Å². The number of nitriles is 1. The van der Waals surface area contributed by atoms with Crippen molar-refractivity contribution in [3.05, 3.63) is 65.2 Å². The number of hydrogen-bond donors (Lipinski definition) is 1. The molecule has 0 bridgehead atoms. The van der Waals surface area contributed by atoms with Gasteiger partial charge in [0.05, 0.1) is 11.6 Å². The molecular weight excluding hydrogens is 338 g/mol. The molecule has 2 aromatic carbocycles. The van der Waals surface area contributed by atoms with Crippen LogP contribution in [-0.4, -0.2) is 24.9 Å². The van der Waals surface area contributed by atoms with E-state index in [0.29, 0.717) is 29.9 Å². The summed E-state index contributed by atoms with van der Waals surface area (Å²) in [6.07, 6.45) is 0. The van der Waals surface area contributed by atoms with Gasteiger partial charge < -0.3 is 10.2 Å². The van der Waals surface area contributed by atoms with E-state index in [4.69, 9.17) is 5.26 Å². The third-order valence-corrected chi connectivity index (χ3v) is 4.32. The fourth-order valence-electron chi connectivity index (χ4n) is 2.69. The first-order valence-electron chi connectivity index (χ1n) is 8.89. The summed E-state index contributed by atoms with van der Waals surface area (Å²) in [5, 5.41) is 11.7. The quantitative estimate of drug-likeness (QED) is 0.881. The Hall–Kier alpha value is -3.13. The minimum Gasteiger partial charge on any atom is -0.350 e. The van der Waals surface area contributed by atoms with Crippen LogP contribution in [0.3, 0.4) is 0 Å². The van der Waals surface area contributed by atoms with E-state index in [2.05, 4.69) is 32.2 Å². The number of nitrogens with one attached hydrogen (secondary N) is 1. The van der Waals surface area contributed by atoms with Crippen molar-refractivity contribution < 1.29 is 9.59 Å². The van der Waals surface area contributed by atoms with E-state index >= 15 is 0 Å². The molecule has 0 saturated carbocycles. The van der Waals surface area contributed by atoms with Crippen LogP contribution in [0.15, 0.2) is 48.5 Å². The number of anilines is 1. The Labute approximate surface area is 160 Å². The standard InChI is InChI=1S/C22H25N3O2/c1-16(26)25(20-11-5-17(15-23)6-12-20)14-13-24-21(27)18-7-9-19(10-8-18)22(2,3)4/h5-12H,13-14H2,1-4H3,(H,24,27). The largest absolute Gasteiger partial charge is 0.350 e.